The van der Waals surface area contributed by atoms with Gasteiger partial charge in [0.2, 0.25) is 5.91 Å². The van der Waals surface area contributed by atoms with Crippen LogP contribution in [-0.4, -0.2) is 40.4 Å². The molecule has 0 aromatic rings. The molecule has 2 aliphatic carbocycles. The second-order valence-electron chi connectivity index (χ2n) is 5.80. The van der Waals surface area contributed by atoms with E-state index in [2.05, 4.69) is 0 Å². The number of nitrogens with zero attached hydrogens (tertiary/aromatic N) is 2. The zero-order valence-electron chi connectivity index (χ0n) is 10.4. The van der Waals surface area contributed by atoms with Gasteiger partial charge in [-0.2, -0.15) is 0 Å². The third-order valence-electron chi connectivity index (χ3n) is 4.65. The van der Waals surface area contributed by atoms with Crippen molar-refractivity contribution >= 4 is 11.9 Å². The van der Waals surface area contributed by atoms with E-state index in [1.54, 1.807) is 0 Å². The largest absolute Gasteiger partial charge is 0.327 e. The summed E-state index contributed by atoms with van der Waals surface area (Å²) >= 11 is 0. The summed E-state index contributed by atoms with van der Waals surface area (Å²) in [4.78, 5) is 27.9. The Morgan fingerprint density at radius 1 is 1.12 bits per heavy atom. The number of carbonyl (C=O) groups is 2. The Labute approximate surface area is 102 Å². The summed E-state index contributed by atoms with van der Waals surface area (Å²) in [6.07, 6.45) is 8.08. The third kappa shape index (κ3) is 1.65. The molecule has 3 fully saturated rings. The van der Waals surface area contributed by atoms with E-state index in [9.17, 15) is 9.59 Å². The lowest BCUT2D eigenvalue weighted by molar-refractivity contribution is -0.136. The van der Waals surface area contributed by atoms with Gasteiger partial charge in [-0.05, 0) is 25.7 Å². The minimum Gasteiger partial charge on any atom is -0.321 e. The van der Waals surface area contributed by atoms with Crippen LogP contribution < -0.4 is 0 Å². The Morgan fingerprint density at radius 2 is 1.76 bits per heavy atom. The zero-order chi connectivity index (χ0) is 12.0. The minimum atomic E-state index is -0.155. The van der Waals surface area contributed by atoms with Gasteiger partial charge in [0.1, 0.15) is 0 Å². The normalized spacial score (nSPS) is 29.0. The molecule has 94 valence electrons. The van der Waals surface area contributed by atoms with Gasteiger partial charge >= 0.3 is 6.03 Å². The maximum absolute atomic E-state index is 12.3. The first-order valence-electron chi connectivity index (χ1n) is 6.74. The quantitative estimate of drug-likeness (QED) is 0.700. The lowest BCUT2D eigenvalue weighted by Crippen LogP contribution is -2.63. The second-order valence-corrected chi connectivity index (χ2v) is 5.80. The smallest absolute Gasteiger partial charge is 0.321 e. The molecule has 4 nitrogen and oxygen atoms in total. The monoisotopic (exact) mass is 236 g/mol. The average Bonchev–Trinajstić information content (AvgIpc) is 3.12. The topological polar surface area (TPSA) is 40.6 Å². The summed E-state index contributed by atoms with van der Waals surface area (Å²) in [7, 11) is 1.88. The molecule has 0 unspecified atom stereocenters. The number of hydrogen-bond donors (Lipinski definition) is 0. The summed E-state index contributed by atoms with van der Waals surface area (Å²) in [5.74, 6) is 0.0671. The fourth-order valence-electron chi connectivity index (χ4n) is 3.37. The Hall–Kier alpha value is -1.06. The number of urea groups is 1. The van der Waals surface area contributed by atoms with Crippen LogP contribution in [0.3, 0.4) is 0 Å². The molecule has 1 spiro atoms. The summed E-state index contributed by atoms with van der Waals surface area (Å²) < 4.78 is 0. The molecule has 1 heterocycles. The third-order valence-corrected chi connectivity index (χ3v) is 4.65. The number of imide groups is 1. The van der Waals surface area contributed by atoms with Gasteiger partial charge in [-0.25, -0.2) is 4.79 Å². The molecule has 17 heavy (non-hydrogen) atoms. The van der Waals surface area contributed by atoms with Gasteiger partial charge in [0.05, 0.1) is 12.0 Å². The van der Waals surface area contributed by atoms with Crippen molar-refractivity contribution < 1.29 is 9.59 Å². The van der Waals surface area contributed by atoms with E-state index in [4.69, 9.17) is 0 Å². The van der Waals surface area contributed by atoms with E-state index in [-0.39, 0.29) is 23.5 Å². The molecule has 0 aromatic carbocycles. The SMILES string of the molecule is CN1C(=O)N(C2CC2)C(=O)CC12CCCCC2. The van der Waals surface area contributed by atoms with Gasteiger partial charge in [0.15, 0.2) is 0 Å². The van der Waals surface area contributed by atoms with Gasteiger partial charge < -0.3 is 4.90 Å². The fourth-order valence-corrected chi connectivity index (χ4v) is 3.37. The Balaban J connectivity index is 1.85. The van der Waals surface area contributed by atoms with E-state index < -0.39 is 0 Å². The number of hydrogen-bond acceptors (Lipinski definition) is 2. The second kappa shape index (κ2) is 3.72. The molecule has 3 rings (SSSR count). The summed E-state index contributed by atoms with van der Waals surface area (Å²) in [5, 5.41) is 0. The molecule has 0 N–H and O–H groups in total. The van der Waals surface area contributed by atoms with Crippen molar-refractivity contribution in [3.63, 3.8) is 0 Å². The highest BCUT2D eigenvalue weighted by molar-refractivity contribution is 5.98. The zero-order valence-corrected chi connectivity index (χ0v) is 10.4. The van der Waals surface area contributed by atoms with Gasteiger partial charge in [0, 0.05) is 13.1 Å². The van der Waals surface area contributed by atoms with Gasteiger partial charge in [-0.1, -0.05) is 19.3 Å². The maximum Gasteiger partial charge on any atom is 0.327 e. The van der Waals surface area contributed by atoms with Crippen molar-refractivity contribution in [2.75, 3.05) is 7.05 Å². The molecule has 1 aliphatic heterocycles. The van der Waals surface area contributed by atoms with Crippen molar-refractivity contribution in [1.82, 2.24) is 9.80 Å². The van der Waals surface area contributed by atoms with Crippen LogP contribution in [0.5, 0.6) is 0 Å². The molecule has 0 atom stereocenters. The minimum absolute atomic E-state index is 0.0503. The van der Waals surface area contributed by atoms with Gasteiger partial charge in [0.25, 0.3) is 0 Å². The Bertz CT molecular complexity index is 356. The van der Waals surface area contributed by atoms with Crippen molar-refractivity contribution in [2.24, 2.45) is 0 Å². The van der Waals surface area contributed by atoms with Crippen molar-refractivity contribution in [2.45, 2.75) is 62.9 Å². The Morgan fingerprint density at radius 3 is 2.35 bits per heavy atom. The lowest BCUT2D eigenvalue weighted by Gasteiger charge is -2.49. The first-order valence-corrected chi connectivity index (χ1v) is 6.74. The van der Waals surface area contributed by atoms with E-state index in [0.29, 0.717) is 6.42 Å². The number of amides is 3. The van der Waals surface area contributed by atoms with E-state index in [0.717, 1.165) is 38.5 Å². The standard InChI is InChI=1S/C13H20N2O2/c1-14-12(17)15(10-5-6-10)11(16)9-13(14)7-3-2-4-8-13/h10H,2-9H2,1H3. The highest BCUT2D eigenvalue weighted by Gasteiger charge is 2.51. The lowest BCUT2D eigenvalue weighted by atomic mass is 9.77. The van der Waals surface area contributed by atoms with Crippen LogP contribution in [-0.2, 0) is 4.79 Å². The molecule has 0 aromatic heterocycles. The van der Waals surface area contributed by atoms with Crippen LogP contribution in [0, 0.1) is 0 Å². The first-order chi connectivity index (χ1) is 8.14. The summed E-state index contributed by atoms with van der Waals surface area (Å²) in [5.41, 5.74) is -0.155. The van der Waals surface area contributed by atoms with E-state index >= 15 is 0 Å². The fraction of sp³-hybridized carbons (Fsp3) is 0.846. The predicted molar refractivity (Wildman–Crippen MR) is 63.5 cm³/mol. The number of rotatable bonds is 1. The molecule has 3 aliphatic rings. The maximum atomic E-state index is 12.3. The average molecular weight is 236 g/mol. The van der Waals surface area contributed by atoms with Crippen LogP contribution in [0.25, 0.3) is 0 Å². The van der Waals surface area contributed by atoms with Crippen molar-refractivity contribution in [1.29, 1.82) is 0 Å². The van der Waals surface area contributed by atoms with Crippen LogP contribution in [0.2, 0.25) is 0 Å². The highest BCUT2D eigenvalue weighted by atomic mass is 16.2. The van der Waals surface area contributed by atoms with Crippen LogP contribution in [0.15, 0.2) is 0 Å². The molecule has 2 saturated carbocycles. The van der Waals surface area contributed by atoms with Crippen molar-refractivity contribution in [3.05, 3.63) is 0 Å². The van der Waals surface area contributed by atoms with Gasteiger partial charge in [-0.15, -0.1) is 0 Å². The van der Waals surface area contributed by atoms with Crippen LogP contribution >= 0.6 is 0 Å². The van der Waals surface area contributed by atoms with Crippen LogP contribution in [0.1, 0.15) is 51.4 Å². The first kappa shape index (κ1) is 11.1. The molecular formula is C13H20N2O2. The van der Waals surface area contributed by atoms with Gasteiger partial charge in [-0.3, -0.25) is 9.69 Å². The molecule has 0 bridgehead atoms. The van der Waals surface area contributed by atoms with E-state index in [1.165, 1.54) is 11.3 Å². The van der Waals surface area contributed by atoms with Crippen molar-refractivity contribution in [3.8, 4) is 0 Å². The summed E-state index contributed by atoms with van der Waals surface area (Å²) in [6, 6.07) is 0.157. The number of carbonyl (C=O) groups excluding carboxylic acids is 2. The van der Waals surface area contributed by atoms with Crippen LogP contribution in [0.4, 0.5) is 4.79 Å². The molecule has 1 saturated heterocycles. The molecule has 4 heteroatoms. The molecule has 3 amide bonds. The summed E-state index contributed by atoms with van der Waals surface area (Å²) in [6.45, 7) is 0. The molecular weight excluding hydrogens is 216 g/mol. The Kier molecular flexibility index (Phi) is 2.42. The molecule has 0 radical (unpaired) electrons. The highest BCUT2D eigenvalue weighted by Crippen LogP contribution is 2.42. The predicted octanol–water partition coefficient (Wildman–Crippen LogP) is 2.14. The van der Waals surface area contributed by atoms with E-state index in [1.807, 2.05) is 11.9 Å².